The second kappa shape index (κ2) is 8.46. The third kappa shape index (κ3) is 5.96. The van der Waals surface area contributed by atoms with Crippen molar-refractivity contribution in [3.63, 3.8) is 0 Å². The van der Waals surface area contributed by atoms with Gasteiger partial charge >= 0.3 is 0 Å². The molecule has 0 radical (unpaired) electrons. The van der Waals surface area contributed by atoms with Crippen molar-refractivity contribution < 1.29 is 9.68 Å². The summed E-state index contributed by atoms with van der Waals surface area (Å²) >= 11 is 0. The SMILES string of the molecule is C[Si](C)(C)C(=N/Oc1ccccc1)/C(=N\Oc1ccccc1)[Si](C)(C)C. The quantitative estimate of drug-likeness (QED) is 0.354. The first-order valence-corrected chi connectivity index (χ1v) is 15.8. The van der Waals surface area contributed by atoms with E-state index in [1.807, 2.05) is 60.7 Å². The Balaban J connectivity index is 2.39. The Bertz CT molecular complexity index is 694. The number of nitrogens with zero attached hydrogens (tertiary/aromatic N) is 2. The molecule has 2 rings (SSSR count). The van der Waals surface area contributed by atoms with E-state index < -0.39 is 16.1 Å². The molecule has 0 aromatic heterocycles. The van der Waals surface area contributed by atoms with Crippen molar-refractivity contribution in [1.82, 2.24) is 0 Å². The Morgan fingerprint density at radius 3 is 1.15 bits per heavy atom. The van der Waals surface area contributed by atoms with Crippen LogP contribution in [0.25, 0.3) is 0 Å². The maximum Gasteiger partial charge on any atom is 0.157 e. The van der Waals surface area contributed by atoms with E-state index in [9.17, 15) is 0 Å². The van der Waals surface area contributed by atoms with Crippen molar-refractivity contribution >= 4 is 26.8 Å². The lowest BCUT2D eigenvalue weighted by Crippen LogP contribution is -2.50. The van der Waals surface area contributed by atoms with Crippen molar-refractivity contribution in [3.05, 3.63) is 60.7 Å². The minimum absolute atomic E-state index is 0.724. The van der Waals surface area contributed by atoms with Gasteiger partial charge in [0.2, 0.25) is 0 Å². The van der Waals surface area contributed by atoms with Gasteiger partial charge in [0.25, 0.3) is 0 Å². The molecule has 138 valence electrons. The highest BCUT2D eigenvalue weighted by atomic mass is 28.3. The zero-order valence-corrected chi connectivity index (χ0v) is 18.5. The van der Waals surface area contributed by atoms with Gasteiger partial charge in [-0.2, -0.15) is 0 Å². The van der Waals surface area contributed by atoms with Crippen molar-refractivity contribution in [2.24, 2.45) is 10.3 Å². The first kappa shape index (κ1) is 20.1. The highest BCUT2D eigenvalue weighted by Crippen LogP contribution is 2.18. The summed E-state index contributed by atoms with van der Waals surface area (Å²) in [6.45, 7) is 13.5. The summed E-state index contributed by atoms with van der Waals surface area (Å²) in [6, 6.07) is 19.3. The first-order chi connectivity index (χ1) is 12.2. The monoisotopic (exact) mass is 384 g/mol. The van der Waals surface area contributed by atoms with Crippen LogP contribution in [-0.2, 0) is 0 Å². The second-order valence-corrected chi connectivity index (χ2v) is 18.1. The average molecular weight is 385 g/mol. The van der Waals surface area contributed by atoms with Gasteiger partial charge in [-0.3, -0.25) is 0 Å². The fraction of sp³-hybridized carbons (Fsp3) is 0.300. The van der Waals surface area contributed by atoms with Crippen LogP contribution < -0.4 is 9.68 Å². The fourth-order valence-corrected chi connectivity index (χ4v) is 6.63. The van der Waals surface area contributed by atoms with Gasteiger partial charge in [0.15, 0.2) is 11.5 Å². The molecule has 26 heavy (non-hydrogen) atoms. The van der Waals surface area contributed by atoms with E-state index in [0.29, 0.717) is 0 Å². The molecular weight excluding hydrogens is 356 g/mol. The summed E-state index contributed by atoms with van der Waals surface area (Å²) in [5, 5.41) is 11.0. The Hall–Kier alpha value is -2.19. The van der Waals surface area contributed by atoms with Crippen LogP contribution >= 0.6 is 0 Å². The lowest BCUT2D eigenvalue weighted by Gasteiger charge is -2.26. The largest absolute Gasteiger partial charge is 0.357 e. The molecule has 0 unspecified atom stereocenters. The van der Waals surface area contributed by atoms with Gasteiger partial charge in [-0.25, -0.2) is 0 Å². The van der Waals surface area contributed by atoms with Crippen LogP contribution in [0.5, 0.6) is 11.5 Å². The molecule has 0 fully saturated rings. The molecule has 0 saturated heterocycles. The van der Waals surface area contributed by atoms with E-state index in [4.69, 9.17) is 9.68 Å². The molecule has 0 aliphatic rings. The van der Waals surface area contributed by atoms with Gasteiger partial charge in [0, 0.05) is 0 Å². The number of benzene rings is 2. The molecule has 2 aromatic carbocycles. The molecule has 0 saturated carbocycles. The van der Waals surface area contributed by atoms with Gasteiger partial charge in [0.05, 0.1) is 10.7 Å². The fourth-order valence-electron chi connectivity index (χ4n) is 2.23. The summed E-state index contributed by atoms with van der Waals surface area (Å²) in [4.78, 5) is 11.5. The van der Waals surface area contributed by atoms with Crippen LogP contribution in [0.1, 0.15) is 0 Å². The predicted molar refractivity (Wildman–Crippen MR) is 116 cm³/mol. The highest BCUT2D eigenvalue weighted by molar-refractivity contribution is 7.28. The first-order valence-electron chi connectivity index (χ1n) is 8.79. The minimum Gasteiger partial charge on any atom is -0.357 e. The Morgan fingerprint density at radius 1 is 0.577 bits per heavy atom. The number of para-hydroxylation sites is 2. The van der Waals surface area contributed by atoms with Gasteiger partial charge in [-0.05, 0) is 24.3 Å². The van der Waals surface area contributed by atoms with Gasteiger partial charge in [-0.15, -0.1) is 0 Å². The van der Waals surface area contributed by atoms with E-state index in [1.165, 1.54) is 0 Å². The summed E-state index contributed by atoms with van der Waals surface area (Å²) in [5.74, 6) is 1.45. The van der Waals surface area contributed by atoms with Gasteiger partial charge in [-0.1, -0.05) is 86.0 Å². The number of rotatable bonds is 7. The van der Waals surface area contributed by atoms with Gasteiger partial charge in [0.1, 0.15) is 16.1 Å². The van der Waals surface area contributed by atoms with Crippen molar-refractivity contribution in [2.75, 3.05) is 0 Å². The third-order valence-electron chi connectivity index (χ3n) is 3.62. The molecule has 0 amide bonds. The third-order valence-corrected chi connectivity index (χ3v) is 7.36. The van der Waals surface area contributed by atoms with Crippen LogP contribution in [0.2, 0.25) is 39.3 Å². The summed E-state index contributed by atoms with van der Waals surface area (Å²) < 4.78 is 0. The zero-order valence-electron chi connectivity index (χ0n) is 16.5. The Labute approximate surface area is 158 Å². The van der Waals surface area contributed by atoms with E-state index in [1.54, 1.807) is 0 Å². The van der Waals surface area contributed by atoms with Crippen LogP contribution in [-0.4, -0.2) is 26.8 Å². The van der Waals surface area contributed by atoms with E-state index in [2.05, 4.69) is 49.6 Å². The molecule has 0 heterocycles. The number of oxime groups is 2. The zero-order chi connectivity index (χ0) is 19.2. The molecule has 0 bridgehead atoms. The number of hydrogen-bond donors (Lipinski definition) is 0. The molecule has 0 atom stereocenters. The summed E-state index contributed by atoms with van der Waals surface area (Å²) in [7, 11) is -3.61. The smallest absolute Gasteiger partial charge is 0.157 e. The standard InChI is InChI=1S/C20H28N2O2Si2/c1-25(2,3)19(21-23-17-13-9-7-10-14-17)20(26(4,5)6)22-24-18-15-11-8-12-16-18/h7-16H,1-6H3/b21-19+,22-20+. The molecule has 0 aliphatic carbocycles. The van der Waals surface area contributed by atoms with Crippen molar-refractivity contribution in [3.8, 4) is 11.5 Å². The lowest BCUT2D eigenvalue weighted by atomic mass is 10.3. The molecule has 6 heteroatoms. The normalized spacial score (nSPS) is 13.5. The Kier molecular flexibility index (Phi) is 6.55. The van der Waals surface area contributed by atoms with E-state index in [0.717, 1.165) is 22.2 Å². The minimum atomic E-state index is -1.80. The van der Waals surface area contributed by atoms with Crippen LogP contribution in [0.15, 0.2) is 71.0 Å². The molecule has 4 nitrogen and oxygen atoms in total. The maximum absolute atomic E-state index is 5.73. The predicted octanol–water partition coefficient (Wildman–Crippen LogP) is 5.61. The van der Waals surface area contributed by atoms with E-state index >= 15 is 0 Å². The van der Waals surface area contributed by atoms with Crippen molar-refractivity contribution in [2.45, 2.75) is 39.3 Å². The average Bonchev–Trinajstić information content (AvgIpc) is 2.57. The van der Waals surface area contributed by atoms with E-state index in [-0.39, 0.29) is 0 Å². The number of hydrogen-bond acceptors (Lipinski definition) is 4. The molecule has 0 N–H and O–H groups in total. The molecule has 0 spiro atoms. The highest BCUT2D eigenvalue weighted by Gasteiger charge is 2.35. The van der Waals surface area contributed by atoms with Crippen LogP contribution in [0.4, 0.5) is 0 Å². The second-order valence-electron chi connectivity index (χ2n) is 8.19. The van der Waals surface area contributed by atoms with Crippen LogP contribution in [0, 0.1) is 0 Å². The van der Waals surface area contributed by atoms with Crippen LogP contribution in [0.3, 0.4) is 0 Å². The molecule has 0 aliphatic heterocycles. The maximum atomic E-state index is 5.73. The summed E-state index contributed by atoms with van der Waals surface area (Å²) in [6.07, 6.45) is 0. The van der Waals surface area contributed by atoms with Gasteiger partial charge < -0.3 is 9.68 Å². The topological polar surface area (TPSA) is 43.2 Å². The summed E-state index contributed by atoms with van der Waals surface area (Å²) in [5.41, 5.74) is 0. The Morgan fingerprint density at radius 2 is 0.885 bits per heavy atom. The molecular formula is C20H28N2O2Si2. The molecule has 2 aromatic rings. The lowest BCUT2D eigenvalue weighted by molar-refractivity contribution is 0.338. The van der Waals surface area contributed by atoms with Crippen molar-refractivity contribution in [1.29, 1.82) is 0 Å².